The molecule has 0 saturated carbocycles. The first kappa shape index (κ1) is 11.0. The van der Waals surface area contributed by atoms with Crippen molar-refractivity contribution in [3.63, 3.8) is 0 Å². The van der Waals surface area contributed by atoms with Gasteiger partial charge in [-0.2, -0.15) is 0 Å². The number of aliphatic hydroxyl groups is 1. The number of nitrogens with two attached hydrogens (primary N) is 2. The van der Waals surface area contributed by atoms with Gasteiger partial charge in [-0.15, -0.1) is 0 Å². The molecule has 1 aliphatic rings. The number of hydrogen-bond acceptors (Lipinski definition) is 5. The maximum absolute atomic E-state index is 8.89. The second-order valence-corrected chi connectivity index (χ2v) is 4.26. The summed E-state index contributed by atoms with van der Waals surface area (Å²) in [7, 11) is 0. The second-order valence-electron chi connectivity index (χ2n) is 4.26. The molecule has 0 bridgehead atoms. The van der Waals surface area contributed by atoms with Gasteiger partial charge < -0.3 is 21.5 Å². The van der Waals surface area contributed by atoms with Crippen molar-refractivity contribution in [2.75, 3.05) is 36.1 Å². The smallest absolute Gasteiger partial charge is 0.149 e. The highest BCUT2D eigenvalue weighted by molar-refractivity contribution is 5.62. The summed E-state index contributed by atoms with van der Waals surface area (Å²) in [6.07, 6.45) is 1.97. The normalized spacial score (nSPS) is 20.3. The van der Waals surface area contributed by atoms with Crippen LogP contribution in [0.2, 0.25) is 0 Å². The van der Waals surface area contributed by atoms with Crippen LogP contribution in [-0.4, -0.2) is 29.8 Å². The average Bonchev–Trinajstić information content (AvgIpc) is 2.71. The third-order valence-corrected chi connectivity index (χ3v) is 3.09. The topological polar surface area (TPSA) is 88.4 Å². The predicted octanol–water partition coefficient (Wildman–Crippen LogP) is 0.455. The van der Waals surface area contributed by atoms with Gasteiger partial charge in [0.25, 0.3) is 0 Å². The molecule has 1 aliphatic heterocycles. The number of pyridine rings is 1. The van der Waals surface area contributed by atoms with Crippen molar-refractivity contribution < 1.29 is 5.11 Å². The molecule has 1 unspecified atom stereocenters. The van der Waals surface area contributed by atoms with E-state index in [9.17, 15) is 0 Å². The molecule has 0 aliphatic carbocycles. The molecule has 2 heterocycles. The van der Waals surface area contributed by atoms with Crippen LogP contribution in [0, 0.1) is 5.92 Å². The van der Waals surface area contributed by atoms with Crippen LogP contribution in [0.15, 0.2) is 12.1 Å². The van der Waals surface area contributed by atoms with Gasteiger partial charge in [-0.3, -0.25) is 0 Å². The lowest BCUT2D eigenvalue weighted by Crippen LogP contribution is -2.21. The number of aliphatic hydroxyl groups excluding tert-OH is 1. The van der Waals surface area contributed by atoms with Gasteiger partial charge in [-0.05, 0) is 30.9 Å². The minimum Gasteiger partial charge on any atom is -0.396 e. The fraction of sp³-hybridized carbons (Fsp3) is 0.545. The van der Waals surface area contributed by atoms with Crippen molar-refractivity contribution in [1.29, 1.82) is 0 Å². The van der Waals surface area contributed by atoms with E-state index < -0.39 is 0 Å². The van der Waals surface area contributed by atoms with Crippen LogP contribution in [0.4, 0.5) is 17.3 Å². The summed E-state index contributed by atoms with van der Waals surface area (Å²) in [5, 5.41) is 8.89. The first-order chi connectivity index (χ1) is 7.70. The zero-order chi connectivity index (χ0) is 11.5. The van der Waals surface area contributed by atoms with Crippen LogP contribution in [0.5, 0.6) is 0 Å². The zero-order valence-corrected chi connectivity index (χ0v) is 9.26. The Kier molecular flexibility index (Phi) is 3.14. The Morgan fingerprint density at radius 2 is 2.25 bits per heavy atom. The lowest BCUT2D eigenvalue weighted by atomic mass is 10.1. The molecule has 1 fully saturated rings. The van der Waals surface area contributed by atoms with E-state index in [1.165, 1.54) is 0 Å². The van der Waals surface area contributed by atoms with E-state index in [1.54, 1.807) is 6.07 Å². The molecule has 0 aromatic carbocycles. The van der Waals surface area contributed by atoms with Crippen molar-refractivity contribution in [2.45, 2.75) is 12.8 Å². The first-order valence-electron chi connectivity index (χ1n) is 5.58. The Bertz CT molecular complexity index is 369. The van der Waals surface area contributed by atoms with E-state index >= 15 is 0 Å². The minimum absolute atomic E-state index is 0.260. The molecule has 5 heteroatoms. The molecule has 5 N–H and O–H groups in total. The molecule has 1 saturated heterocycles. The fourth-order valence-corrected chi connectivity index (χ4v) is 2.11. The molecular formula is C11H18N4O. The largest absolute Gasteiger partial charge is 0.396 e. The molecule has 0 amide bonds. The predicted molar refractivity (Wildman–Crippen MR) is 65.1 cm³/mol. The maximum atomic E-state index is 8.89. The van der Waals surface area contributed by atoms with E-state index in [0.717, 1.165) is 31.7 Å². The molecule has 1 atom stereocenters. The summed E-state index contributed by atoms with van der Waals surface area (Å²) < 4.78 is 0. The first-order valence-corrected chi connectivity index (χ1v) is 5.58. The van der Waals surface area contributed by atoms with Gasteiger partial charge in [0.2, 0.25) is 0 Å². The SMILES string of the molecule is Nc1ccc(N2CCC(CCO)C2)nc1N. The highest BCUT2D eigenvalue weighted by Crippen LogP contribution is 2.26. The molecule has 5 nitrogen and oxygen atoms in total. The van der Waals surface area contributed by atoms with E-state index in [0.29, 0.717) is 17.4 Å². The molecule has 0 spiro atoms. The summed E-state index contributed by atoms with van der Waals surface area (Å²) in [6, 6.07) is 3.68. The standard InChI is InChI=1S/C11H18N4O/c12-9-1-2-10(14-11(9)13)15-5-3-8(7-15)4-6-16/h1-2,8,16H,3-7,12H2,(H2,13,14). The van der Waals surface area contributed by atoms with Gasteiger partial charge in [0.15, 0.2) is 0 Å². The molecule has 1 aromatic rings. The Labute approximate surface area is 95.1 Å². The van der Waals surface area contributed by atoms with Gasteiger partial charge in [0, 0.05) is 19.7 Å². The average molecular weight is 222 g/mol. The Balaban J connectivity index is 2.05. The number of rotatable bonds is 3. The van der Waals surface area contributed by atoms with Crippen molar-refractivity contribution in [2.24, 2.45) is 5.92 Å². The van der Waals surface area contributed by atoms with Gasteiger partial charge in [0.05, 0.1) is 5.69 Å². The second kappa shape index (κ2) is 4.57. The number of nitrogens with zero attached hydrogens (tertiary/aromatic N) is 2. The van der Waals surface area contributed by atoms with Gasteiger partial charge in [-0.25, -0.2) is 4.98 Å². The highest BCUT2D eigenvalue weighted by Gasteiger charge is 2.23. The monoisotopic (exact) mass is 222 g/mol. The van der Waals surface area contributed by atoms with Gasteiger partial charge in [0.1, 0.15) is 11.6 Å². The van der Waals surface area contributed by atoms with Crippen LogP contribution in [0.25, 0.3) is 0 Å². The van der Waals surface area contributed by atoms with Crippen LogP contribution in [-0.2, 0) is 0 Å². The number of nitrogen functional groups attached to an aromatic ring is 2. The minimum atomic E-state index is 0.260. The number of hydrogen-bond donors (Lipinski definition) is 3. The molecule has 1 aromatic heterocycles. The molecule has 2 rings (SSSR count). The van der Waals surface area contributed by atoms with Crippen molar-refractivity contribution in [3.8, 4) is 0 Å². The highest BCUT2D eigenvalue weighted by atomic mass is 16.3. The number of anilines is 3. The third kappa shape index (κ3) is 2.19. The van der Waals surface area contributed by atoms with E-state index in [-0.39, 0.29) is 6.61 Å². The lowest BCUT2D eigenvalue weighted by molar-refractivity contribution is 0.263. The summed E-state index contributed by atoms with van der Waals surface area (Å²) in [6.45, 7) is 2.17. The van der Waals surface area contributed by atoms with E-state index in [1.807, 2.05) is 6.07 Å². The van der Waals surface area contributed by atoms with E-state index in [2.05, 4.69) is 9.88 Å². The van der Waals surface area contributed by atoms with Crippen LogP contribution in [0.1, 0.15) is 12.8 Å². The van der Waals surface area contributed by atoms with Gasteiger partial charge in [-0.1, -0.05) is 0 Å². The zero-order valence-electron chi connectivity index (χ0n) is 9.26. The summed E-state index contributed by atoms with van der Waals surface area (Å²) >= 11 is 0. The maximum Gasteiger partial charge on any atom is 0.149 e. The third-order valence-electron chi connectivity index (χ3n) is 3.09. The van der Waals surface area contributed by atoms with Crippen molar-refractivity contribution in [1.82, 2.24) is 4.98 Å². The lowest BCUT2D eigenvalue weighted by Gasteiger charge is -2.18. The fourth-order valence-electron chi connectivity index (χ4n) is 2.11. The molecule has 0 radical (unpaired) electrons. The molecule has 16 heavy (non-hydrogen) atoms. The van der Waals surface area contributed by atoms with Crippen molar-refractivity contribution in [3.05, 3.63) is 12.1 Å². The summed E-state index contributed by atoms with van der Waals surface area (Å²) in [4.78, 5) is 6.46. The summed E-state index contributed by atoms with van der Waals surface area (Å²) in [5.74, 6) is 1.83. The number of aromatic nitrogens is 1. The molecule has 88 valence electrons. The van der Waals surface area contributed by atoms with Gasteiger partial charge >= 0.3 is 0 Å². The molecular weight excluding hydrogens is 204 g/mol. The Morgan fingerprint density at radius 1 is 1.44 bits per heavy atom. The van der Waals surface area contributed by atoms with Crippen LogP contribution < -0.4 is 16.4 Å². The van der Waals surface area contributed by atoms with E-state index in [4.69, 9.17) is 16.6 Å². The Morgan fingerprint density at radius 3 is 2.94 bits per heavy atom. The summed E-state index contributed by atoms with van der Waals surface area (Å²) in [5.41, 5.74) is 11.8. The van der Waals surface area contributed by atoms with Crippen molar-refractivity contribution >= 4 is 17.3 Å². The van der Waals surface area contributed by atoms with Crippen LogP contribution in [0.3, 0.4) is 0 Å². The Hall–Kier alpha value is -1.49. The quantitative estimate of drug-likeness (QED) is 0.691. The van der Waals surface area contributed by atoms with Crippen LogP contribution >= 0.6 is 0 Å².